The van der Waals surface area contributed by atoms with Crippen molar-refractivity contribution in [3.05, 3.63) is 67.1 Å². The lowest BCUT2D eigenvalue weighted by Crippen LogP contribution is -2.36. The smallest absolute Gasteiger partial charge is 0.414 e. The second-order valence-corrected chi connectivity index (χ2v) is 10.3. The van der Waals surface area contributed by atoms with Gasteiger partial charge < -0.3 is 14.0 Å². The molecule has 4 aromatic rings. The van der Waals surface area contributed by atoms with Crippen LogP contribution in [0.2, 0.25) is 0 Å². The molecular formula is C31H35N5O3. The molecule has 8 nitrogen and oxygen atoms in total. The number of anilines is 1. The quantitative estimate of drug-likeness (QED) is 0.197. The summed E-state index contributed by atoms with van der Waals surface area (Å²) in [5, 5.41) is 8.87. The van der Waals surface area contributed by atoms with Crippen LogP contribution in [0.25, 0.3) is 22.2 Å². The van der Waals surface area contributed by atoms with Gasteiger partial charge in [0.2, 0.25) is 5.88 Å². The number of nitrogens with zero attached hydrogens (tertiary/aromatic N) is 5. The number of carbonyl (C=O) groups is 1. The molecule has 2 aromatic carbocycles. The molecule has 0 radical (unpaired) electrons. The maximum absolute atomic E-state index is 13.1. The molecule has 0 unspecified atom stereocenters. The summed E-state index contributed by atoms with van der Waals surface area (Å²) >= 11 is 0. The number of unbranched alkanes of at least 4 members (excludes halogenated alkanes) is 3. The first-order valence-corrected chi connectivity index (χ1v) is 13.4. The first-order chi connectivity index (χ1) is 18.8. The monoisotopic (exact) mass is 525 g/mol. The molecule has 2 aromatic heterocycles. The van der Waals surface area contributed by atoms with E-state index < -0.39 is 11.7 Å². The Balaban J connectivity index is 1.69. The molecule has 0 aliphatic heterocycles. The number of hydrogen-bond acceptors (Lipinski definition) is 6. The van der Waals surface area contributed by atoms with Gasteiger partial charge in [-0.1, -0.05) is 48.9 Å². The molecule has 0 atom stereocenters. The van der Waals surface area contributed by atoms with E-state index in [9.17, 15) is 4.79 Å². The van der Waals surface area contributed by atoms with Crippen LogP contribution in [0.15, 0.2) is 67.1 Å². The highest BCUT2D eigenvalue weighted by molar-refractivity contribution is 6.00. The number of ether oxygens (including phenoxy) is 2. The fourth-order valence-corrected chi connectivity index (χ4v) is 4.37. The molecule has 0 N–H and O–H groups in total. The number of fused-ring (bicyclic) bond motifs is 1. The third-order valence-electron chi connectivity index (χ3n) is 6.18. The van der Waals surface area contributed by atoms with E-state index in [1.165, 1.54) is 6.33 Å². The van der Waals surface area contributed by atoms with Gasteiger partial charge in [0, 0.05) is 25.7 Å². The standard InChI is InChI=1S/C31H35N5O3/c1-5-36(30(37)39-31(2,3)4)26-21-35(20-12-7-6-11-19-32)28-27(26)33-22-34-29(28)38-25-17-15-24(16-18-25)23-13-9-8-10-14-23/h8-10,13-18,21-22H,5-7,11-12,20H2,1-4H3. The van der Waals surface area contributed by atoms with Crippen molar-refractivity contribution in [3.63, 3.8) is 0 Å². The van der Waals surface area contributed by atoms with E-state index in [1.54, 1.807) is 4.90 Å². The molecule has 0 saturated carbocycles. The number of hydrogen-bond donors (Lipinski definition) is 0. The van der Waals surface area contributed by atoms with Crippen LogP contribution in [0.1, 0.15) is 53.4 Å². The van der Waals surface area contributed by atoms with Crippen molar-refractivity contribution in [3.8, 4) is 28.8 Å². The second kappa shape index (κ2) is 12.4. The third kappa shape index (κ3) is 6.94. The van der Waals surface area contributed by atoms with Crippen molar-refractivity contribution in [1.29, 1.82) is 5.26 Å². The van der Waals surface area contributed by atoms with E-state index in [2.05, 4.69) is 28.2 Å². The van der Waals surface area contributed by atoms with Crippen LogP contribution in [-0.2, 0) is 11.3 Å². The lowest BCUT2D eigenvalue weighted by atomic mass is 10.1. The van der Waals surface area contributed by atoms with Crippen LogP contribution >= 0.6 is 0 Å². The summed E-state index contributed by atoms with van der Waals surface area (Å²) in [6.45, 7) is 8.53. The fourth-order valence-electron chi connectivity index (χ4n) is 4.37. The molecule has 0 bridgehead atoms. The molecule has 1 amide bonds. The van der Waals surface area contributed by atoms with E-state index in [-0.39, 0.29) is 0 Å². The topological polar surface area (TPSA) is 93.3 Å². The van der Waals surface area contributed by atoms with Gasteiger partial charge in [0.15, 0.2) is 0 Å². The van der Waals surface area contributed by atoms with Crippen molar-refractivity contribution in [1.82, 2.24) is 14.5 Å². The van der Waals surface area contributed by atoms with Gasteiger partial charge >= 0.3 is 6.09 Å². The van der Waals surface area contributed by atoms with Crippen molar-refractivity contribution in [2.75, 3.05) is 11.4 Å². The van der Waals surface area contributed by atoms with E-state index in [4.69, 9.17) is 14.7 Å². The Hall–Kier alpha value is -4.38. The molecular weight excluding hydrogens is 490 g/mol. The first-order valence-electron chi connectivity index (χ1n) is 13.4. The summed E-state index contributed by atoms with van der Waals surface area (Å²) in [6, 6.07) is 20.2. The van der Waals surface area contributed by atoms with Gasteiger partial charge in [-0.2, -0.15) is 10.2 Å². The summed E-state index contributed by atoms with van der Waals surface area (Å²) < 4.78 is 14.0. The van der Waals surface area contributed by atoms with E-state index in [0.717, 1.165) is 30.4 Å². The largest absolute Gasteiger partial charge is 0.443 e. The molecule has 0 saturated heterocycles. The van der Waals surface area contributed by atoms with Gasteiger partial charge in [-0.25, -0.2) is 9.78 Å². The van der Waals surface area contributed by atoms with Gasteiger partial charge in [-0.3, -0.25) is 4.90 Å². The number of amides is 1. The Morgan fingerprint density at radius 2 is 1.72 bits per heavy atom. The highest BCUT2D eigenvalue weighted by atomic mass is 16.6. The van der Waals surface area contributed by atoms with Crippen molar-refractivity contribution in [2.24, 2.45) is 0 Å². The molecule has 2 heterocycles. The van der Waals surface area contributed by atoms with Crippen LogP contribution in [-0.4, -0.2) is 32.8 Å². The zero-order valence-corrected chi connectivity index (χ0v) is 23.1. The SMILES string of the molecule is CCN(C(=O)OC(C)(C)C)c1cn(CCCCCC#N)c2c(Oc3ccc(-c4ccccc4)cc3)ncnc12. The zero-order chi connectivity index (χ0) is 27.8. The van der Waals surface area contributed by atoms with E-state index in [0.29, 0.717) is 47.9 Å². The Morgan fingerprint density at radius 1 is 1.00 bits per heavy atom. The van der Waals surface area contributed by atoms with Crippen LogP contribution in [0.3, 0.4) is 0 Å². The lowest BCUT2D eigenvalue weighted by molar-refractivity contribution is 0.0582. The summed E-state index contributed by atoms with van der Waals surface area (Å²) in [7, 11) is 0. The first kappa shape index (κ1) is 27.6. The molecule has 0 fully saturated rings. The fraction of sp³-hybridized carbons (Fsp3) is 0.355. The highest BCUT2D eigenvalue weighted by Gasteiger charge is 2.27. The van der Waals surface area contributed by atoms with Crippen molar-refractivity contribution < 1.29 is 14.3 Å². The second-order valence-electron chi connectivity index (χ2n) is 10.3. The molecule has 202 valence electrons. The van der Waals surface area contributed by atoms with Gasteiger partial charge in [-0.15, -0.1) is 0 Å². The average Bonchev–Trinajstić information content (AvgIpc) is 3.28. The molecule has 39 heavy (non-hydrogen) atoms. The van der Waals surface area contributed by atoms with Gasteiger partial charge in [0.25, 0.3) is 0 Å². The highest BCUT2D eigenvalue weighted by Crippen LogP contribution is 2.35. The van der Waals surface area contributed by atoms with Crippen molar-refractivity contribution in [2.45, 2.75) is 65.5 Å². The van der Waals surface area contributed by atoms with Gasteiger partial charge in [0.05, 0.1) is 11.8 Å². The third-order valence-corrected chi connectivity index (χ3v) is 6.18. The number of carbonyl (C=O) groups excluding carboxylic acids is 1. The number of aromatic nitrogens is 3. The zero-order valence-electron chi connectivity index (χ0n) is 23.1. The van der Waals surface area contributed by atoms with Gasteiger partial charge in [-0.05, 0) is 63.8 Å². The summed E-state index contributed by atoms with van der Waals surface area (Å²) in [4.78, 5) is 23.7. The number of nitriles is 1. The Morgan fingerprint density at radius 3 is 2.38 bits per heavy atom. The maximum Gasteiger partial charge on any atom is 0.414 e. The average molecular weight is 526 g/mol. The summed E-state index contributed by atoms with van der Waals surface area (Å²) in [6.07, 6.45) is 6.10. The Labute approximate surface area is 229 Å². The predicted octanol–water partition coefficient (Wildman–Crippen LogP) is 7.74. The Kier molecular flexibility index (Phi) is 8.82. The minimum Gasteiger partial charge on any atom is -0.443 e. The summed E-state index contributed by atoms with van der Waals surface area (Å²) in [5.74, 6) is 1.06. The van der Waals surface area contributed by atoms with Gasteiger partial charge in [0.1, 0.15) is 28.7 Å². The predicted molar refractivity (Wildman–Crippen MR) is 153 cm³/mol. The minimum atomic E-state index is -0.626. The van der Waals surface area contributed by atoms with E-state index in [1.807, 2.05) is 80.9 Å². The number of aryl methyl sites for hydroxylation is 1. The Bertz CT molecular complexity index is 1430. The molecule has 0 aliphatic rings. The molecule has 4 rings (SSSR count). The molecule has 0 spiro atoms. The van der Waals surface area contributed by atoms with Crippen LogP contribution in [0.5, 0.6) is 11.6 Å². The van der Waals surface area contributed by atoms with Crippen LogP contribution < -0.4 is 9.64 Å². The number of rotatable bonds is 10. The lowest BCUT2D eigenvalue weighted by Gasteiger charge is -2.26. The van der Waals surface area contributed by atoms with Crippen LogP contribution in [0, 0.1) is 11.3 Å². The van der Waals surface area contributed by atoms with E-state index >= 15 is 0 Å². The normalized spacial score (nSPS) is 11.3. The van der Waals surface area contributed by atoms with Crippen molar-refractivity contribution >= 4 is 22.8 Å². The van der Waals surface area contributed by atoms with Crippen LogP contribution in [0.4, 0.5) is 10.5 Å². The number of benzene rings is 2. The molecule has 0 aliphatic carbocycles. The maximum atomic E-state index is 13.1. The minimum absolute atomic E-state index is 0.413. The summed E-state index contributed by atoms with van der Waals surface area (Å²) in [5.41, 5.74) is 3.57. The molecule has 8 heteroatoms.